The molecule has 2 aromatic rings. The number of nitrogens with one attached hydrogen (secondary N) is 1. The molecule has 3 rings (SSSR count). The Kier molecular flexibility index (Phi) is 9.14. The van der Waals surface area contributed by atoms with Crippen molar-refractivity contribution >= 4 is 17.7 Å². The first-order valence-electron chi connectivity index (χ1n) is 12.2. The molecule has 1 aliphatic heterocycles. The number of benzene rings is 2. The Morgan fingerprint density at radius 1 is 1.14 bits per heavy atom. The molecule has 1 atom stereocenters. The highest BCUT2D eigenvalue weighted by molar-refractivity contribution is 5.94. The van der Waals surface area contributed by atoms with Crippen LogP contribution >= 0.6 is 0 Å². The number of halogens is 2. The molecule has 1 aliphatic rings. The van der Waals surface area contributed by atoms with Crippen molar-refractivity contribution in [1.82, 2.24) is 15.3 Å². The average molecular weight is 502 g/mol. The summed E-state index contributed by atoms with van der Waals surface area (Å²) >= 11 is 0. The fourth-order valence-corrected chi connectivity index (χ4v) is 4.74. The minimum atomic E-state index is -0.903. The summed E-state index contributed by atoms with van der Waals surface area (Å²) in [6.45, 7) is 4.74. The Bertz CT molecular complexity index is 1080. The van der Waals surface area contributed by atoms with Gasteiger partial charge in [0.25, 0.3) is 5.91 Å². The van der Waals surface area contributed by atoms with Gasteiger partial charge in [0, 0.05) is 31.6 Å². The molecule has 0 saturated carbocycles. The van der Waals surface area contributed by atoms with E-state index in [1.165, 1.54) is 30.3 Å². The van der Waals surface area contributed by atoms with Crippen molar-refractivity contribution in [1.29, 1.82) is 0 Å². The monoisotopic (exact) mass is 501 g/mol. The van der Waals surface area contributed by atoms with Gasteiger partial charge in [-0.05, 0) is 61.1 Å². The fourth-order valence-electron chi connectivity index (χ4n) is 4.74. The average Bonchev–Trinajstić information content (AvgIpc) is 3.12. The lowest BCUT2D eigenvalue weighted by Gasteiger charge is -2.30. The maximum atomic E-state index is 13.4. The van der Waals surface area contributed by atoms with Gasteiger partial charge in [-0.2, -0.15) is 0 Å². The number of likely N-dealkylation sites (tertiary alicyclic amines) is 1. The molecular formula is C27H33F2N3O4. The zero-order valence-electron chi connectivity index (χ0n) is 20.7. The van der Waals surface area contributed by atoms with Gasteiger partial charge < -0.3 is 10.2 Å². The van der Waals surface area contributed by atoms with Crippen LogP contribution in [0.5, 0.6) is 0 Å². The molecule has 1 unspecified atom stereocenters. The smallest absolute Gasteiger partial charge is 0.251 e. The summed E-state index contributed by atoms with van der Waals surface area (Å²) in [4.78, 5) is 40.1. The molecule has 2 aromatic carbocycles. The van der Waals surface area contributed by atoms with Gasteiger partial charge in [0.15, 0.2) is 0 Å². The molecule has 0 spiro atoms. The Hall–Kier alpha value is -3.33. The van der Waals surface area contributed by atoms with Crippen LogP contribution < -0.4 is 5.32 Å². The molecular weight excluding hydrogens is 468 g/mol. The van der Waals surface area contributed by atoms with E-state index in [0.717, 1.165) is 11.6 Å². The minimum Gasteiger partial charge on any atom is -0.350 e. The van der Waals surface area contributed by atoms with Crippen LogP contribution in [0.2, 0.25) is 0 Å². The molecule has 3 amide bonds. The Morgan fingerprint density at radius 2 is 1.86 bits per heavy atom. The van der Waals surface area contributed by atoms with Crippen LogP contribution in [0.3, 0.4) is 0 Å². The van der Waals surface area contributed by atoms with Crippen LogP contribution in [-0.2, 0) is 16.0 Å². The van der Waals surface area contributed by atoms with Crippen LogP contribution in [0, 0.1) is 23.0 Å². The summed E-state index contributed by atoms with van der Waals surface area (Å²) in [7, 11) is 0. The number of nitrogens with zero attached hydrogens (tertiary/aromatic N) is 2. The second-order valence-electron chi connectivity index (χ2n) is 9.76. The fraction of sp³-hybridized carbons (Fsp3) is 0.444. The third-order valence-corrected chi connectivity index (χ3v) is 6.46. The van der Waals surface area contributed by atoms with Crippen molar-refractivity contribution in [3.63, 3.8) is 0 Å². The Labute approximate surface area is 210 Å². The van der Waals surface area contributed by atoms with Gasteiger partial charge in [-0.3, -0.25) is 19.6 Å². The first kappa shape index (κ1) is 27.3. The molecule has 1 heterocycles. The molecule has 36 heavy (non-hydrogen) atoms. The van der Waals surface area contributed by atoms with E-state index in [0.29, 0.717) is 37.4 Å². The van der Waals surface area contributed by atoms with Gasteiger partial charge in [0.2, 0.25) is 11.8 Å². The summed E-state index contributed by atoms with van der Waals surface area (Å²) in [6.07, 6.45) is 1.46. The highest BCUT2D eigenvalue weighted by atomic mass is 19.1. The molecule has 0 radical (unpaired) electrons. The van der Waals surface area contributed by atoms with Gasteiger partial charge >= 0.3 is 0 Å². The van der Waals surface area contributed by atoms with Gasteiger partial charge in [-0.25, -0.2) is 13.8 Å². The number of hydroxylamine groups is 2. The van der Waals surface area contributed by atoms with Gasteiger partial charge in [-0.15, -0.1) is 0 Å². The molecule has 9 heteroatoms. The summed E-state index contributed by atoms with van der Waals surface area (Å²) in [5, 5.41) is 13.4. The molecule has 0 aromatic heterocycles. The van der Waals surface area contributed by atoms with Gasteiger partial charge in [-0.1, -0.05) is 32.0 Å². The molecule has 1 fully saturated rings. The summed E-state index contributed by atoms with van der Waals surface area (Å²) in [5.74, 6) is -1.91. The number of rotatable bonds is 11. The maximum Gasteiger partial charge on any atom is 0.251 e. The zero-order valence-corrected chi connectivity index (χ0v) is 20.7. The van der Waals surface area contributed by atoms with E-state index in [1.807, 2.05) is 13.8 Å². The predicted molar refractivity (Wildman–Crippen MR) is 130 cm³/mol. The quantitative estimate of drug-likeness (QED) is 0.362. The van der Waals surface area contributed by atoms with E-state index in [-0.39, 0.29) is 42.7 Å². The van der Waals surface area contributed by atoms with Crippen LogP contribution in [0.1, 0.15) is 49.0 Å². The van der Waals surface area contributed by atoms with Crippen LogP contribution in [0.25, 0.3) is 0 Å². The summed E-state index contributed by atoms with van der Waals surface area (Å²) < 4.78 is 26.4. The molecule has 2 N–H and O–H groups in total. The largest absolute Gasteiger partial charge is 0.350 e. The standard InChI is InChI=1S/C27H33F2N3O4/c1-19(2)17-27(11-14-31(26(27)35)13-10-20-6-8-22(28)9-7-20)18-24(33)32(36)15-12-30-25(34)21-4-3-5-23(29)16-21/h3-9,16,19,36H,10-15,17-18H2,1-2H3,(H,30,34). The molecule has 1 saturated heterocycles. The summed E-state index contributed by atoms with van der Waals surface area (Å²) in [5.41, 5.74) is 0.155. The van der Waals surface area contributed by atoms with Crippen LogP contribution in [-0.4, -0.2) is 59.1 Å². The van der Waals surface area contributed by atoms with E-state index in [1.54, 1.807) is 17.0 Å². The second-order valence-corrected chi connectivity index (χ2v) is 9.76. The number of carbonyl (C=O) groups is 3. The lowest BCUT2D eigenvalue weighted by atomic mass is 9.75. The van der Waals surface area contributed by atoms with E-state index < -0.39 is 23.0 Å². The SMILES string of the molecule is CC(C)CC1(CC(=O)N(O)CCNC(=O)c2cccc(F)c2)CCN(CCc2ccc(F)cc2)C1=O. The van der Waals surface area contributed by atoms with Crippen molar-refractivity contribution in [3.05, 3.63) is 71.3 Å². The van der Waals surface area contributed by atoms with Crippen molar-refractivity contribution in [2.24, 2.45) is 11.3 Å². The number of hydrogen-bond donors (Lipinski definition) is 2. The van der Waals surface area contributed by atoms with E-state index >= 15 is 0 Å². The van der Waals surface area contributed by atoms with Crippen molar-refractivity contribution in [3.8, 4) is 0 Å². The van der Waals surface area contributed by atoms with E-state index in [4.69, 9.17) is 0 Å². The van der Waals surface area contributed by atoms with E-state index in [2.05, 4.69) is 5.32 Å². The Morgan fingerprint density at radius 3 is 2.53 bits per heavy atom. The lowest BCUT2D eigenvalue weighted by Crippen LogP contribution is -2.42. The zero-order chi connectivity index (χ0) is 26.3. The summed E-state index contributed by atoms with van der Waals surface area (Å²) in [6, 6.07) is 11.4. The highest BCUT2D eigenvalue weighted by Gasteiger charge is 2.48. The van der Waals surface area contributed by atoms with Crippen molar-refractivity contribution in [2.45, 2.75) is 39.5 Å². The molecule has 194 valence electrons. The first-order valence-corrected chi connectivity index (χ1v) is 12.2. The number of carbonyl (C=O) groups excluding carboxylic acids is 3. The normalized spacial score (nSPS) is 17.5. The second kappa shape index (κ2) is 12.1. The molecule has 0 aliphatic carbocycles. The van der Waals surface area contributed by atoms with E-state index in [9.17, 15) is 28.4 Å². The maximum absolute atomic E-state index is 13.4. The number of hydrogen-bond acceptors (Lipinski definition) is 4. The first-order chi connectivity index (χ1) is 17.1. The molecule has 0 bridgehead atoms. The third kappa shape index (κ3) is 7.10. The lowest BCUT2D eigenvalue weighted by molar-refractivity contribution is -0.169. The van der Waals surface area contributed by atoms with Crippen LogP contribution in [0.15, 0.2) is 48.5 Å². The topological polar surface area (TPSA) is 90.0 Å². The molecule has 7 nitrogen and oxygen atoms in total. The minimum absolute atomic E-state index is 0.0352. The Balaban J connectivity index is 1.55. The third-order valence-electron chi connectivity index (χ3n) is 6.46. The van der Waals surface area contributed by atoms with Crippen molar-refractivity contribution in [2.75, 3.05) is 26.2 Å². The number of amides is 3. The van der Waals surface area contributed by atoms with Gasteiger partial charge in [0.1, 0.15) is 11.6 Å². The highest BCUT2D eigenvalue weighted by Crippen LogP contribution is 2.41. The van der Waals surface area contributed by atoms with Gasteiger partial charge in [0.05, 0.1) is 12.0 Å². The predicted octanol–water partition coefficient (Wildman–Crippen LogP) is 3.81. The van der Waals surface area contributed by atoms with Crippen LogP contribution in [0.4, 0.5) is 8.78 Å². The van der Waals surface area contributed by atoms with Crippen molar-refractivity contribution < 1.29 is 28.4 Å².